The molecule has 2 fully saturated rings. The van der Waals surface area contributed by atoms with E-state index in [0.29, 0.717) is 6.54 Å². The first-order valence-electron chi connectivity index (χ1n) is 5.59. The third-order valence-electron chi connectivity index (χ3n) is 3.48. The van der Waals surface area contributed by atoms with Gasteiger partial charge in [-0.1, -0.05) is 0 Å². The summed E-state index contributed by atoms with van der Waals surface area (Å²) in [5.41, 5.74) is 10.5. The normalized spacial score (nSPS) is 32.6. The molecule has 2 saturated heterocycles. The molecule has 0 saturated carbocycles. The molecule has 3 atom stereocenters. The average molecular weight is 226 g/mol. The zero-order chi connectivity index (χ0) is 11.9. The molecule has 2 aliphatic heterocycles. The van der Waals surface area contributed by atoms with Gasteiger partial charge in [0.1, 0.15) is 11.6 Å². The van der Waals surface area contributed by atoms with Crippen molar-refractivity contribution in [1.82, 2.24) is 10.2 Å². The number of amides is 2. The second-order valence-corrected chi connectivity index (χ2v) is 4.75. The van der Waals surface area contributed by atoms with Gasteiger partial charge in [-0.15, -0.1) is 0 Å². The van der Waals surface area contributed by atoms with E-state index in [-0.39, 0.29) is 5.91 Å². The van der Waals surface area contributed by atoms with Gasteiger partial charge in [0.25, 0.3) is 0 Å². The predicted octanol–water partition coefficient (Wildman–Crippen LogP) is -1.85. The number of hydrogen-bond donors (Lipinski definition) is 3. The molecule has 0 radical (unpaired) electrons. The quantitative estimate of drug-likeness (QED) is 0.492. The van der Waals surface area contributed by atoms with Crippen LogP contribution >= 0.6 is 0 Å². The van der Waals surface area contributed by atoms with E-state index >= 15 is 0 Å². The summed E-state index contributed by atoms with van der Waals surface area (Å²) in [5.74, 6) is -0.567. The van der Waals surface area contributed by atoms with E-state index in [9.17, 15) is 9.59 Å². The second kappa shape index (κ2) is 3.71. The lowest BCUT2D eigenvalue weighted by Gasteiger charge is -2.50. The van der Waals surface area contributed by atoms with Crippen LogP contribution < -0.4 is 16.8 Å². The van der Waals surface area contributed by atoms with E-state index in [4.69, 9.17) is 11.5 Å². The van der Waals surface area contributed by atoms with Crippen LogP contribution in [0, 0.1) is 0 Å². The molecule has 6 nitrogen and oxygen atoms in total. The van der Waals surface area contributed by atoms with E-state index in [2.05, 4.69) is 5.32 Å². The Labute approximate surface area is 94.3 Å². The largest absolute Gasteiger partial charge is 0.368 e. The van der Waals surface area contributed by atoms with Crippen molar-refractivity contribution >= 4 is 11.8 Å². The van der Waals surface area contributed by atoms with Crippen LogP contribution in [0.25, 0.3) is 0 Å². The monoisotopic (exact) mass is 226 g/mol. The zero-order valence-electron chi connectivity index (χ0n) is 9.40. The fourth-order valence-corrected chi connectivity index (χ4v) is 2.66. The van der Waals surface area contributed by atoms with E-state index < -0.39 is 23.5 Å². The van der Waals surface area contributed by atoms with Gasteiger partial charge in [-0.25, -0.2) is 0 Å². The summed E-state index contributed by atoms with van der Waals surface area (Å²) >= 11 is 0. The average Bonchev–Trinajstić information content (AvgIpc) is 2.67. The number of primary amides is 1. The SMILES string of the molecule is CC(N)C(C(N)=O)N1CC2(CCCN2)C1=O. The standard InChI is InChI=1S/C10H18N4O2/c1-6(11)7(8(12)15)14-5-10(9(14)16)3-2-4-13-10/h6-7,13H,2-5,11H2,1H3,(H2,12,15). The molecule has 90 valence electrons. The highest BCUT2D eigenvalue weighted by Crippen LogP contribution is 2.33. The van der Waals surface area contributed by atoms with Crippen LogP contribution in [0.5, 0.6) is 0 Å². The Bertz CT molecular complexity index is 323. The van der Waals surface area contributed by atoms with Crippen LogP contribution in [0.2, 0.25) is 0 Å². The second-order valence-electron chi connectivity index (χ2n) is 4.75. The van der Waals surface area contributed by atoms with Gasteiger partial charge < -0.3 is 21.7 Å². The predicted molar refractivity (Wildman–Crippen MR) is 58.3 cm³/mol. The Balaban J connectivity index is 2.08. The van der Waals surface area contributed by atoms with Crippen molar-refractivity contribution in [2.24, 2.45) is 11.5 Å². The van der Waals surface area contributed by atoms with Gasteiger partial charge in [0.05, 0.1) is 0 Å². The third-order valence-corrected chi connectivity index (χ3v) is 3.48. The molecule has 1 spiro atoms. The maximum Gasteiger partial charge on any atom is 0.245 e. The minimum absolute atomic E-state index is 0.0360. The summed E-state index contributed by atoms with van der Waals surface area (Å²) in [6.45, 7) is 3.09. The number of carbonyl (C=O) groups excluding carboxylic acids is 2. The molecule has 2 amide bonds. The zero-order valence-corrected chi connectivity index (χ0v) is 9.40. The minimum Gasteiger partial charge on any atom is -0.368 e. The smallest absolute Gasteiger partial charge is 0.245 e. The molecule has 0 aromatic rings. The Kier molecular flexibility index (Phi) is 2.63. The Morgan fingerprint density at radius 3 is 2.69 bits per heavy atom. The van der Waals surface area contributed by atoms with E-state index in [1.165, 1.54) is 4.90 Å². The van der Waals surface area contributed by atoms with Gasteiger partial charge in [0.15, 0.2) is 0 Å². The first-order valence-corrected chi connectivity index (χ1v) is 5.59. The van der Waals surface area contributed by atoms with Gasteiger partial charge in [-0.05, 0) is 26.3 Å². The van der Waals surface area contributed by atoms with Gasteiger partial charge >= 0.3 is 0 Å². The number of nitrogens with zero attached hydrogens (tertiary/aromatic N) is 1. The van der Waals surface area contributed by atoms with Crippen molar-refractivity contribution < 1.29 is 9.59 Å². The molecule has 5 N–H and O–H groups in total. The maximum atomic E-state index is 12.0. The molecular weight excluding hydrogens is 208 g/mol. The molecule has 0 bridgehead atoms. The number of likely N-dealkylation sites (tertiary alicyclic amines) is 1. The summed E-state index contributed by atoms with van der Waals surface area (Å²) in [6.07, 6.45) is 1.84. The molecule has 6 heteroatoms. The lowest BCUT2D eigenvalue weighted by atomic mass is 9.84. The number of carbonyl (C=O) groups is 2. The summed E-state index contributed by atoms with van der Waals surface area (Å²) in [6, 6.07) is -1.11. The number of rotatable bonds is 3. The highest BCUT2D eigenvalue weighted by atomic mass is 16.2. The van der Waals surface area contributed by atoms with Crippen molar-refractivity contribution in [1.29, 1.82) is 0 Å². The van der Waals surface area contributed by atoms with Gasteiger partial charge in [-0.2, -0.15) is 0 Å². The van der Waals surface area contributed by atoms with E-state index in [1.54, 1.807) is 6.92 Å². The first kappa shape index (κ1) is 11.3. The van der Waals surface area contributed by atoms with Crippen molar-refractivity contribution in [3.05, 3.63) is 0 Å². The van der Waals surface area contributed by atoms with E-state index in [1.807, 2.05) is 0 Å². The summed E-state index contributed by atoms with van der Waals surface area (Å²) < 4.78 is 0. The number of nitrogens with two attached hydrogens (primary N) is 2. The third kappa shape index (κ3) is 1.49. The molecule has 0 aliphatic carbocycles. The lowest BCUT2D eigenvalue weighted by Crippen LogP contribution is -2.76. The lowest BCUT2D eigenvalue weighted by molar-refractivity contribution is -0.159. The molecule has 2 aliphatic rings. The molecule has 0 aromatic carbocycles. The van der Waals surface area contributed by atoms with Gasteiger partial charge in [0, 0.05) is 12.6 Å². The van der Waals surface area contributed by atoms with Crippen LogP contribution in [0.15, 0.2) is 0 Å². The molecule has 3 unspecified atom stereocenters. The minimum atomic E-state index is -0.680. The van der Waals surface area contributed by atoms with Gasteiger partial charge in [-0.3, -0.25) is 9.59 Å². The fraction of sp³-hybridized carbons (Fsp3) is 0.800. The number of hydrogen-bond acceptors (Lipinski definition) is 4. The van der Waals surface area contributed by atoms with Crippen LogP contribution in [0.4, 0.5) is 0 Å². The van der Waals surface area contributed by atoms with Crippen LogP contribution in [-0.2, 0) is 9.59 Å². The number of β-lactam (4-membered cyclic amide) rings is 1. The Hall–Kier alpha value is -1.14. The van der Waals surface area contributed by atoms with Crippen molar-refractivity contribution in [2.45, 2.75) is 37.4 Å². The summed E-state index contributed by atoms with van der Waals surface area (Å²) in [7, 11) is 0. The molecule has 2 heterocycles. The highest BCUT2D eigenvalue weighted by molar-refractivity contribution is 5.97. The van der Waals surface area contributed by atoms with Gasteiger partial charge in [0.2, 0.25) is 11.8 Å². The van der Waals surface area contributed by atoms with Crippen LogP contribution in [-0.4, -0.2) is 47.4 Å². The summed E-state index contributed by atoms with van der Waals surface area (Å²) in [5, 5.41) is 3.20. The number of nitrogens with one attached hydrogen (secondary N) is 1. The van der Waals surface area contributed by atoms with Crippen molar-refractivity contribution in [2.75, 3.05) is 13.1 Å². The topological polar surface area (TPSA) is 101 Å². The van der Waals surface area contributed by atoms with E-state index in [0.717, 1.165) is 19.4 Å². The first-order chi connectivity index (χ1) is 7.48. The van der Waals surface area contributed by atoms with Crippen LogP contribution in [0.1, 0.15) is 19.8 Å². The Morgan fingerprint density at radius 2 is 2.31 bits per heavy atom. The van der Waals surface area contributed by atoms with Crippen molar-refractivity contribution in [3.63, 3.8) is 0 Å². The maximum absolute atomic E-state index is 12.0. The molecule has 2 rings (SSSR count). The molecule has 16 heavy (non-hydrogen) atoms. The van der Waals surface area contributed by atoms with Crippen LogP contribution in [0.3, 0.4) is 0 Å². The molecular formula is C10H18N4O2. The van der Waals surface area contributed by atoms with Crippen molar-refractivity contribution in [3.8, 4) is 0 Å². The summed E-state index contributed by atoms with van der Waals surface area (Å²) in [4.78, 5) is 24.8. The molecule has 0 aromatic heterocycles. The highest BCUT2D eigenvalue weighted by Gasteiger charge is 2.56. The Morgan fingerprint density at radius 1 is 1.62 bits per heavy atom. The fourth-order valence-electron chi connectivity index (χ4n) is 2.66.